The molecule has 62 heavy (non-hydrogen) atoms. The molecular formula is C58H38N4. The van der Waals surface area contributed by atoms with Gasteiger partial charge in [0, 0.05) is 49.6 Å². The first-order valence-electron chi connectivity index (χ1n) is 21.1. The van der Waals surface area contributed by atoms with Crippen LogP contribution in [0.15, 0.2) is 231 Å². The van der Waals surface area contributed by atoms with Crippen molar-refractivity contribution in [3.8, 4) is 67.5 Å². The Hall–Kier alpha value is -8.34. The van der Waals surface area contributed by atoms with Crippen LogP contribution < -0.4 is 0 Å². The molecule has 0 radical (unpaired) electrons. The predicted molar refractivity (Wildman–Crippen MR) is 258 cm³/mol. The zero-order valence-corrected chi connectivity index (χ0v) is 33.7. The Morgan fingerprint density at radius 2 is 0.710 bits per heavy atom. The van der Waals surface area contributed by atoms with E-state index in [-0.39, 0.29) is 0 Å². The van der Waals surface area contributed by atoms with Gasteiger partial charge in [-0.25, -0.2) is 9.97 Å². The highest BCUT2D eigenvalue weighted by Gasteiger charge is 2.17. The Morgan fingerprint density at radius 1 is 0.242 bits per heavy atom. The van der Waals surface area contributed by atoms with Crippen LogP contribution in [0.3, 0.4) is 0 Å². The van der Waals surface area contributed by atoms with Crippen LogP contribution in [0.25, 0.3) is 111 Å². The van der Waals surface area contributed by atoms with E-state index in [9.17, 15) is 0 Å². The molecular weight excluding hydrogens is 753 g/mol. The molecule has 9 aromatic carbocycles. The van der Waals surface area contributed by atoms with Crippen molar-refractivity contribution < 1.29 is 0 Å². The third kappa shape index (κ3) is 6.08. The van der Waals surface area contributed by atoms with Gasteiger partial charge in [-0.05, 0) is 89.0 Å². The van der Waals surface area contributed by atoms with Crippen LogP contribution in [0.5, 0.6) is 0 Å². The molecule has 4 nitrogen and oxygen atoms in total. The van der Waals surface area contributed by atoms with Gasteiger partial charge in [0.2, 0.25) is 0 Å². The summed E-state index contributed by atoms with van der Waals surface area (Å²) in [4.78, 5) is 10.2. The summed E-state index contributed by atoms with van der Waals surface area (Å²) < 4.78 is 4.79. The van der Waals surface area contributed by atoms with Gasteiger partial charge in [-0.2, -0.15) is 0 Å². The first-order chi connectivity index (χ1) is 30.7. The molecule has 0 bridgehead atoms. The number of benzene rings is 9. The van der Waals surface area contributed by atoms with E-state index in [0.717, 1.165) is 56.1 Å². The smallest absolute Gasteiger partial charge is 0.160 e. The van der Waals surface area contributed by atoms with Crippen molar-refractivity contribution in [3.63, 3.8) is 0 Å². The second-order valence-electron chi connectivity index (χ2n) is 15.8. The molecule has 290 valence electrons. The molecule has 0 amide bonds. The molecule has 0 unspecified atom stereocenters. The Kier molecular flexibility index (Phi) is 8.46. The molecule has 0 aliphatic carbocycles. The van der Waals surface area contributed by atoms with Gasteiger partial charge in [0.1, 0.15) is 0 Å². The van der Waals surface area contributed by atoms with E-state index in [1.54, 1.807) is 0 Å². The zero-order chi connectivity index (χ0) is 41.0. The number of aromatic nitrogens is 4. The van der Waals surface area contributed by atoms with Crippen LogP contribution in [-0.2, 0) is 0 Å². The highest BCUT2D eigenvalue weighted by atomic mass is 15.0. The molecule has 0 fully saturated rings. The molecule has 0 spiro atoms. The van der Waals surface area contributed by atoms with Gasteiger partial charge in [-0.1, -0.05) is 164 Å². The van der Waals surface area contributed by atoms with Crippen LogP contribution in [0.4, 0.5) is 0 Å². The summed E-state index contributed by atoms with van der Waals surface area (Å²) in [5.41, 5.74) is 16.5. The Balaban J connectivity index is 0.971. The molecule has 0 atom stereocenters. The normalized spacial score (nSPS) is 11.5. The summed E-state index contributed by atoms with van der Waals surface area (Å²) in [6, 6.07) is 82.2. The molecule has 0 N–H and O–H groups in total. The molecule has 4 heteroatoms. The minimum atomic E-state index is 0.708. The monoisotopic (exact) mass is 790 g/mol. The summed E-state index contributed by atoms with van der Waals surface area (Å²) in [5, 5.41) is 4.94. The van der Waals surface area contributed by atoms with E-state index in [1.165, 1.54) is 49.2 Å². The number of rotatable bonds is 7. The molecule has 0 aliphatic rings. The van der Waals surface area contributed by atoms with E-state index >= 15 is 0 Å². The maximum atomic E-state index is 5.13. The largest absolute Gasteiger partial charge is 0.309 e. The summed E-state index contributed by atoms with van der Waals surface area (Å²) in [5.74, 6) is 0.708. The molecule has 0 saturated heterocycles. The Morgan fingerprint density at radius 3 is 1.45 bits per heavy atom. The van der Waals surface area contributed by atoms with Crippen molar-refractivity contribution in [2.45, 2.75) is 0 Å². The third-order valence-corrected chi connectivity index (χ3v) is 12.1. The van der Waals surface area contributed by atoms with E-state index in [4.69, 9.17) is 9.97 Å². The molecule has 12 aromatic rings. The van der Waals surface area contributed by atoms with Crippen molar-refractivity contribution in [1.29, 1.82) is 0 Å². The molecule has 0 saturated carbocycles. The van der Waals surface area contributed by atoms with Crippen LogP contribution >= 0.6 is 0 Å². The van der Waals surface area contributed by atoms with E-state index < -0.39 is 0 Å². The maximum Gasteiger partial charge on any atom is 0.160 e. The second-order valence-corrected chi connectivity index (χ2v) is 15.8. The van der Waals surface area contributed by atoms with Crippen LogP contribution in [-0.4, -0.2) is 19.1 Å². The summed E-state index contributed by atoms with van der Waals surface area (Å²) in [6.45, 7) is 0. The molecule has 3 heterocycles. The van der Waals surface area contributed by atoms with Crippen molar-refractivity contribution in [3.05, 3.63) is 231 Å². The highest BCUT2D eigenvalue weighted by molar-refractivity contribution is 6.11. The quantitative estimate of drug-likeness (QED) is 0.161. The average molecular weight is 791 g/mol. The minimum Gasteiger partial charge on any atom is -0.309 e. The SMILES string of the molecule is c1ccc(-c2cc(-c3cccc(-c4ccc5c6ccccc6n(-c6cccc(-c7ccc8c(c7)c7ccccc7n8-c7ccccc7)c6)c5c4)c3)nc(-c3ccccc3)n2)cc1. The van der Waals surface area contributed by atoms with Crippen LogP contribution in [0, 0.1) is 0 Å². The number of hydrogen-bond acceptors (Lipinski definition) is 2. The predicted octanol–water partition coefficient (Wildman–Crippen LogP) is 15.0. The zero-order valence-electron chi connectivity index (χ0n) is 33.7. The average Bonchev–Trinajstić information content (AvgIpc) is 3.87. The van der Waals surface area contributed by atoms with Gasteiger partial charge in [0.25, 0.3) is 0 Å². The van der Waals surface area contributed by atoms with Gasteiger partial charge >= 0.3 is 0 Å². The molecule has 3 aromatic heterocycles. The van der Waals surface area contributed by atoms with Gasteiger partial charge in [0.15, 0.2) is 5.82 Å². The van der Waals surface area contributed by atoms with Crippen LogP contribution in [0.1, 0.15) is 0 Å². The number of hydrogen-bond donors (Lipinski definition) is 0. The standard InChI is InChI=1S/C58H38N4/c1-4-16-39(17-5-1)52-38-53(60-58(59-52)40-18-6-2-7-19-40)45-22-14-20-41(34-45)44-30-32-50-48-26-10-12-28-54(48)62(57(50)37-44)47-25-15-21-42(35-47)43-31-33-56-51(36-43)49-27-11-13-29-55(49)61(56)46-23-8-3-9-24-46/h1-38H. The molecule has 12 rings (SSSR count). The summed E-state index contributed by atoms with van der Waals surface area (Å²) in [7, 11) is 0. The van der Waals surface area contributed by atoms with Crippen molar-refractivity contribution in [1.82, 2.24) is 19.1 Å². The first kappa shape index (κ1) is 35.6. The first-order valence-corrected chi connectivity index (χ1v) is 21.1. The lowest BCUT2D eigenvalue weighted by molar-refractivity contribution is 1.18. The van der Waals surface area contributed by atoms with E-state index in [2.05, 4.69) is 215 Å². The fourth-order valence-corrected chi connectivity index (χ4v) is 9.19. The topological polar surface area (TPSA) is 35.6 Å². The van der Waals surface area contributed by atoms with Gasteiger partial charge in [-0.3, -0.25) is 0 Å². The number of para-hydroxylation sites is 3. The van der Waals surface area contributed by atoms with Crippen molar-refractivity contribution >= 4 is 43.6 Å². The third-order valence-electron chi connectivity index (χ3n) is 12.1. The maximum absolute atomic E-state index is 5.13. The van der Waals surface area contributed by atoms with Crippen molar-refractivity contribution in [2.24, 2.45) is 0 Å². The lowest BCUT2D eigenvalue weighted by Crippen LogP contribution is -1.96. The summed E-state index contributed by atoms with van der Waals surface area (Å²) in [6.07, 6.45) is 0. The number of nitrogens with zero attached hydrogens (tertiary/aromatic N) is 4. The lowest BCUT2D eigenvalue weighted by atomic mass is 9.99. The fraction of sp³-hybridized carbons (Fsp3) is 0. The minimum absolute atomic E-state index is 0.708. The second kappa shape index (κ2) is 14.7. The van der Waals surface area contributed by atoms with E-state index in [0.29, 0.717) is 5.82 Å². The van der Waals surface area contributed by atoms with E-state index in [1.807, 2.05) is 24.3 Å². The highest BCUT2D eigenvalue weighted by Crippen LogP contribution is 2.39. The fourth-order valence-electron chi connectivity index (χ4n) is 9.19. The Labute approximate surface area is 359 Å². The summed E-state index contributed by atoms with van der Waals surface area (Å²) >= 11 is 0. The van der Waals surface area contributed by atoms with Crippen LogP contribution in [0.2, 0.25) is 0 Å². The number of fused-ring (bicyclic) bond motifs is 6. The van der Waals surface area contributed by atoms with Gasteiger partial charge in [0.05, 0.1) is 33.5 Å². The van der Waals surface area contributed by atoms with Crippen molar-refractivity contribution in [2.75, 3.05) is 0 Å². The molecule has 0 aliphatic heterocycles. The lowest BCUT2D eigenvalue weighted by Gasteiger charge is -2.12. The van der Waals surface area contributed by atoms with Gasteiger partial charge in [-0.15, -0.1) is 0 Å². The Bertz CT molecular complexity index is 3560. The van der Waals surface area contributed by atoms with Gasteiger partial charge < -0.3 is 9.13 Å².